The van der Waals surface area contributed by atoms with Crippen molar-refractivity contribution in [2.24, 2.45) is 0 Å². The second kappa shape index (κ2) is 7.26. The number of amides is 1. The van der Waals surface area contributed by atoms with Crippen molar-refractivity contribution in [1.82, 2.24) is 15.4 Å². The van der Waals surface area contributed by atoms with E-state index < -0.39 is 0 Å². The second-order valence-electron chi connectivity index (χ2n) is 5.60. The third-order valence-electron chi connectivity index (χ3n) is 3.77. The number of aryl methyl sites for hydroxylation is 2. The van der Waals surface area contributed by atoms with Gasteiger partial charge in [0.15, 0.2) is 0 Å². The number of aromatic nitrogens is 1. The van der Waals surface area contributed by atoms with Gasteiger partial charge in [0, 0.05) is 18.5 Å². The largest absolute Gasteiger partial charge is 0.468 e. The maximum atomic E-state index is 12.0. The third-order valence-corrected chi connectivity index (χ3v) is 3.77. The van der Waals surface area contributed by atoms with Gasteiger partial charge in [-0.1, -0.05) is 5.16 Å². The van der Waals surface area contributed by atoms with Crippen molar-refractivity contribution in [3.63, 3.8) is 0 Å². The summed E-state index contributed by atoms with van der Waals surface area (Å²) in [5.74, 6) is 1.64. The van der Waals surface area contributed by atoms with Gasteiger partial charge in [-0.15, -0.1) is 0 Å². The molecule has 0 saturated heterocycles. The van der Waals surface area contributed by atoms with E-state index >= 15 is 0 Å². The highest BCUT2D eigenvalue weighted by Crippen LogP contribution is 2.18. The van der Waals surface area contributed by atoms with Gasteiger partial charge in [0.1, 0.15) is 11.5 Å². The van der Waals surface area contributed by atoms with E-state index in [9.17, 15) is 4.79 Å². The average molecular weight is 305 g/mol. The molecular weight excluding hydrogens is 282 g/mol. The monoisotopic (exact) mass is 305 g/mol. The van der Waals surface area contributed by atoms with Crippen LogP contribution in [-0.2, 0) is 11.2 Å². The minimum Gasteiger partial charge on any atom is -0.468 e. The first-order valence-electron chi connectivity index (χ1n) is 7.37. The number of hydrogen-bond acceptors (Lipinski definition) is 5. The molecule has 2 aromatic heterocycles. The van der Waals surface area contributed by atoms with Gasteiger partial charge in [-0.25, -0.2) is 0 Å². The molecule has 0 spiro atoms. The maximum Gasteiger partial charge on any atom is 0.220 e. The standard InChI is InChI=1S/C16H23N3O3/c1-11-13(12(2)22-18-11)7-8-16(20)17-10-14(19(3)4)15-6-5-9-21-15/h5-6,9,14H,7-8,10H2,1-4H3,(H,17,20)/t14-/m0/s1. The van der Waals surface area contributed by atoms with E-state index in [1.807, 2.05) is 45.0 Å². The molecule has 0 fully saturated rings. The number of hydrogen-bond donors (Lipinski definition) is 1. The highest BCUT2D eigenvalue weighted by Gasteiger charge is 2.18. The third kappa shape index (κ3) is 3.98. The van der Waals surface area contributed by atoms with Gasteiger partial charge in [-0.2, -0.15) is 0 Å². The van der Waals surface area contributed by atoms with E-state index in [2.05, 4.69) is 10.5 Å². The lowest BCUT2D eigenvalue weighted by Crippen LogP contribution is -2.34. The Balaban J connectivity index is 1.84. The number of likely N-dealkylation sites (N-methyl/N-ethyl adjacent to an activating group) is 1. The predicted octanol–water partition coefficient (Wildman–Crippen LogP) is 2.24. The van der Waals surface area contributed by atoms with Crippen molar-refractivity contribution < 1.29 is 13.7 Å². The number of carbonyl (C=O) groups is 1. The average Bonchev–Trinajstić information content (AvgIpc) is 3.08. The minimum atomic E-state index is 0.0124. The number of carbonyl (C=O) groups excluding carboxylic acids is 1. The summed E-state index contributed by atoms with van der Waals surface area (Å²) in [6.07, 6.45) is 2.70. The predicted molar refractivity (Wildman–Crippen MR) is 82.4 cm³/mol. The summed E-state index contributed by atoms with van der Waals surface area (Å²) in [5, 5.41) is 6.86. The quantitative estimate of drug-likeness (QED) is 0.849. The summed E-state index contributed by atoms with van der Waals surface area (Å²) in [7, 11) is 3.92. The number of rotatable bonds is 7. The van der Waals surface area contributed by atoms with Crippen LogP contribution in [0.4, 0.5) is 0 Å². The zero-order valence-corrected chi connectivity index (χ0v) is 13.5. The van der Waals surface area contributed by atoms with Crippen LogP contribution in [0.5, 0.6) is 0 Å². The van der Waals surface area contributed by atoms with Crippen LogP contribution >= 0.6 is 0 Å². The molecule has 1 N–H and O–H groups in total. The van der Waals surface area contributed by atoms with Crippen LogP contribution in [-0.4, -0.2) is 36.6 Å². The van der Waals surface area contributed by atoms with Gasteiger partial charge in [0.25, 0.3) is 0 Å². The first kappa shape index (κ1) is 16.3. The fourth-order valence-electron chi connectivity index (χ4n) is 2.41. The van der Waals surface area contributed by atoms with E-state index in [1.165, 1.54) is 0 Å². The van der Waals surface area contributed by atoms with Crippen molar-refractivity contribution in [2.45, 2.75) is 32.7 Å². The van der Waals surface area contributed by atoms with Crippen molar-refractivity contribution in [3.8, 4) is 0 Å². The lowest BCUT2D eigenvalue weighted by Gasteiger charge is -2.22. The van der Waals surface area contributed by atoms with Crippen molar-refractivity contribution in [1.29, 1.82) is 0 Å². The van der Waals surface area contributed by atoms with Gasteiger partial charge < -0.3 is 14.3 Å². The number of nitrogens with zero attached hydrogens (tertiary/aromatic N) is 2. The molecule has 1 atom stereocenters. The van der Waals surface area contributed by atoms with Crippen LogP contribution in [0.15, 0.2) is 27.3 Å². The van der Waals surface area contributed by atoms with E-state index in [1.54, 1.807) is 6.26 Å². The Morgan fingerprint density at radius 3 is 2.73 bits per heavy atom. The molecule has 0 radical (unpaired) electrons. The highest BCUT2D eigenvalue weighted by molar-refractivity contribution is 5.76. The normalized spacial score (nSPS) is 12.6. The van der Waals surface area contributed by atoms with Gasteiger partial charge >= 0.3 is 0 Å². The van der Waals surface area contributed by atoms with E-state index in [0.29, 0.717) is 19.4 Å². The molecule has 0 saturated carbocycles. The minimum absolute atomic E-state index is 0.0124. The summed E-state index contributed by atoms with van der Waals surface area (Å²) >= 11 is 0. The molecule has 22 heavy (non-hydrogen) atoms. The molecule has 2 heterocycles. The molecule has 0 aliphatic heterocycles. The zero-order chi connectivity index (χ0) is 16.1. The van der Waals surface area contributed by atoms with Gasteiger partial charge in [0.2, 0.25) is 5.91 Å². The number of furan rings is 1. The molecule has 0 aliphatic carbocycles. The van der Waals surface area contributed by atoms with Crippen LogP contribution in [0.1, 0.15) is 35.2 Å². The van der Waals surface area contributed by atoms with Gasteiger partial charge in [0.05, 0.1) is 18.0 Å². The topological polar surface area (TPSA) is 71.5 Å². The molecule has 0 aromatic carbocycles. The summed E-state index contributed by atoms with van der Waals surface area (Å²) < 4.78 is 10.5. The molecular formula is C16H23N3O3. The van der Waals surface area contributed by atoms with Crippen LogP contribution in [0.25, 0.3) is 0 Å². The molecule has 2 rings (SSSR count). The van der Waals surface area contributed by atoms with Crippen molar-refractivity contribution in [3.05, 3.63) is 41.2 Å². The van der Waals surface area contributed by atoms with Crippen LogP contribution in [0.2, 0.25) is 0 Å². The van der Waals surface area contributed by atoms with Crippen LogP contribution in [0.3, 0.4) is 0 Å². The molecule has 0 aliphatic rings. The summed E-state index contributed by atoms with van der Waals surface area (Å²) in [6, 6.07) is 3.80. The van der Waals surface area contributed by atoms with Crippen molar-refractivity contribution >= 4 is 5.91 Å². The Morgan fingerprint density at radius 1 is 1.41 bits per heavy atom. The summed E-state index contributed by atoms with van der Waals surface area (Å²) in [4.78, 5) is 14.1. The Hall–Kier alpha value is -2.08. The first-order chi connectivity index (χ1) is 10.5. The second-order valence-corrected chi connectivity index (χ2v) is 5.60. The van der Waals surface area contributed by atoms with E-state index in [0.717, 1.165) is 22.8 Å². The fraction of sp³-hybridized carbons (Fsp3) is 0.500. The SMILES string of the molecule is Cc1noc(C)c1CCC(=O)NC[C@@H](c1ccco1)N(C)C. The highest BCUT2D eigenvalue weighted by atomic mass is 16.5. The Kier molecular flexibility index (Phi) is 5.38. The van der Waals surface area contributed by atoms with Gasteiger partial charge in [-0.3, -0.25) is 9.69 Å². The van der Waals surface area contributed by atoms with E-state index in [-0.39, 0.29) is 11.9 Å². The van der Waals surface area contributed by atoms with Crippen LogP contribution < -0.4 is 5.32 Å². The number of nitrogens with one attached hydrogen (secondary N) is 1. The molecule has 120 valence electrons. The molecule has 6 nitrogen and oxygen atoms in total. The Labute approximate surface area is 130 Å². The molecule has 1 amide bonds. The zero-order valence-electron chi connectivity index (χ0n) is 13.5. The van der Waals surface area contributed by atoms with Crippen LogP contribution in [0, 0.1) is 13.8 Å². The Morgan fingerprint density at radius 2 is 2.18 bits per heavy atom. The summed E-state index contributed by atoms with van der Waals surface area (Å²) in [5.41, 5.74) is 1.87. The maximum absolute atomic E-state index is 12.0. The van der Waals surface area contributed by atoms with Gasteiger partial charge in [-0.05, 0) is 46.5 Å². The molecule has 2 aromatic rings. The van der Waals surface area contributed by atoms with Crippen molar-refractivity contribution in [2.75, 3.05) is 20.6 Å². The fourth-order valence-corrected chi connectivity index (χ4v) is 2.41. The molecule has 0 unspecified atom stereocenters. The smallest absolute Gasteiger partial charge is 0.220 e. The molecule has 6 heteroatoms. The summed E-state index contributed by atoms with van der Waals surface area (Å²) in [6.45, 7) is 4.27. The molecule has 0 bridgehead atoms. The van der Waals surface area contributed by atoms with E-state index in [4.69, 9.17) is 8.94 Å². The Bertz CT molecular complexity index is 583. The lowest BCUT2D eigenvalue weighted by atomic mass is 10.1. The first-order valence-corrected chi connectivity index (χ1v) is 7.37. The lowest BCUT2D eigenvalue weighted by molar-refractivity contribution is -0.121.